The van der Waals surface area contributed by atoms with Crippen LogP contribution in [0.5, 0.6) is 11.5 Å². The minimum Gasteiger partial charge on any atom is -0.395 e. The Morgan fingerprint density at radius 2 is 1.63 bits per heavy atom. The lowest BCUT2D eigenvalue weighted by molar-refractivity contribution is -0.286. The summed E-state index contributed by atoms with van der Waals surface area (Å²) < 4.78 is 35.1. The molecular weight excluding hydrogens is 354 g/mol. The molecule has 0 radical (unpaired) electrons. The molecule has 0 unspecified atom stereocenters. The zero-order valence-electron chi connectivity index (χ0n) is 14.7. The molecule has 1 fully saturated rings. The topological polar surface area (TPSA) is 42.0 Å². The molecule has 27 heavy (non-hydrogen) atoms. The smallest absolute Gasteiger partial charge is 0.395 e. The van der Waals surface area contributed by atoms with E-state index in [1.165, 1.54) is 6.07 Å². The average molecular weight is 374 g/mol. The summed E-state index contributed by atoms with van der Waals surface area (Å²) in [6.45, 7) is 3.42. The van der Waals surface area contributed by atoms with Crippen LogP contribution in [0.1, 0.15) is 11.1 Å². The highest BCUT2D eigenvalue weighted by Crippen LogP contribution is 2.41. The van der Waals surface area contributed by atoms with Gasteiger partial charge in [-0.1, -0.05) is 36.4 Å². The Kier molecular flexibility index (Phi) is 4.70. The monoisotopic (exact) mass is 374 g/mol. The molecular formula is C20H20F2N2O3. The molecule has 7 heteroatoms. The quantitative estimate of drug-likeness (QED) is 0.825. The molecule has 0 saturated carbocycles. The number of benzene rings is 2. The van der Waals surface area contributed by atoms with Gasteiger partial charge >= 0.3 is 6.29 Å². The number of halogens is 2. The molecule has 2 aliphatic rings. The van der Waals surface area contributed by atoms with Crippen molar-refractivity contribution in [2.45, 2.75) is 19.3 Å². The maximum absolute atomic E-state index is 13.1. The van der Waals surface area contributed by atoms with Crippen molar-refractivity contribution in [3.63, 3.8) is 0 Å². The largest absolute Gasteiger partial charge is 0.586 e. The molecule has 4 rings (SSSR count). The Labute approximate surface area is 156 Å². The number of carbonyl (C=O) groups is 1. The van der Waals surface area contributed by atoms with E-state index in [2.05, 4.69) is 14.4 Å². The van der Waals surface area contributed by atoms with Crippen molar-refractivity contribution in [1.29, 1.82) is 0 Å². The van der Waals surface area contributed by atoms with Gasteiger partial charge in [0, 0.05) is 32.7 Å². The third-order valence-corrected chi connectivity index (χ3v) is 4.80. The number of carbonyl (C=O) groups excluding carboxylic acids is 1. The zero-order chi connectivity index (χ0) is 18.9. The Balaban J connectivity index is 1.29. The molecule has 1 amide bonds. The molecule has 0 bridgehead atoms. The van der Waals surface area contributed by atoms with E-state index in [0.717, 1.165) is 24.2 Å². The first kappa shape index (κ1) is 17.7. The lowest BCUT2D eigenvalue weighted by atomic mass is 10.1. The van der Waals surface area contributed by atoms with Gasteiger partial charge in [0.1, 0.15) is 0 Å². The fourth-order valence-electron chi connectivity index (χ4n) is 3.39. The summed E-state index contributed by atoms with van der Waals surface area (Å²) in [7, 11) is 0. The Morgan fingerprint density at radius 3 is 2.37 bits per heavy atom. The van der Waals surface area contributed by atoms with Crippen molar-refractivity contribution < 1.29 is 23.0 Å². The highest BCUT2D eigenvalue weighted by molar-refractivity contribution is 5.78. The molecule has 0 N–H and O–H groups in total. The predicted molar refractivity (Wildman–Crippen MR) is 94.6 cm³/mol. The number of fused-ring (bicyclic) bond motifs is 1. The zero-order valence-corrected chi connectivity index (χ0v) is 14.7. The van der Waals surface area contributed by atoms with Crippen LogP contribution in [-0.4, -0.2) is 48.2 Å². The highest BCUT2D eigenvalue weighted by atomic mass is 19.3. The van der Waals surface area contributed by atoms with Gasteiger partial charge in [-0.05, 0) is 23.3 Å². The van der Waals surface area contributed by atoms with Crippen molar-refractivity contribution in [1.82, 2.24) is 9.80 Å². The van der Waals surface area contributed by atoms with Crippen LogP contribution in [0.2, 0.25) is 0 Å². The number of piperazine rings is 1. The fourth-order valence-corrected chi connectivity index (χ4v) is 3.39. The Bertz CT molecular complexity index is 821. The van der Waals surface area contributed by atoms with E-state index < -0.39 is 6.29 Å². The number of hydrogen-bond acceptors (Lipinski definition) is 4. The van der Waals surface area contributed by atoms with Crippen LogP contribution in [-0.2, 0) is 17.8 Å². The van der Waals surface area contributed by atoms with Gasteiger partial charge in [-0.25, -0.2) is 0 Å². The van der Waals surface area contributed by atoms with Gasteiger partial charge in [0.05, 0.1) is 6.42 Å². The molecule has 0 atom stereocenters. The molecule has 2 heterocycles. The van der Waals surface area contributed by atoms with E-state index >= 15 is 0 Å². The van der Waals surface area contributed by atoms with Gasteiger partial charge in [-0.2, -0.15) is 0 Å². The fraction of sp³-hybridized carbons (Fsp3) is 0.350. The Hall–Kier alpha value is -2.67. The number of amides is 1. The van der Waals surface area contributed by atoms with E-state index in [-0.39, 0.29) is 17.4 Å². The predicted octanol–water partition coefficient (Wildman–Crippen LogP) is 2.90. The van der Waals surface area contributed by atoms with E-state index in [0.29, 0.717) is 26.1 Å². The summed E-state index contributed by atoms with van der Waals surface area (Å²) in [5.74, 6) is 0.250. The van der Waals surface area contributed by atoms with Crippen LogP contribution in [0.25, 0.3) is 0 Å². The van der Waals surface area contributed by atoms with Gasteiger partial charge < -0.3 is 14.4 Å². The first-order chi connectivity index (χ1) is 13.0. The van der Waals surface area contributed by atoms with Crippen molar-refractivity contribution in [3.05, 3.63) is 59.7 Å². The maximum Gasteiger partial charge on any atom is 0.586 e. The molecule has 0 aliphatic carbocycles. The van der Waals surface area contributed by atoms with Gasteiger partial charge in [-0.15, -0.1) is 8.78 Å². The van der Waals surface area contributed by atoms with Crippen LogP contribution >= 0.6 is 0 Å². The van der Waals surface area contributed by atoms with Crippen molar-refractivity contribution in [2.24, 2.45) is 0 Å². The standard InChI is InChI=1S/C20H20F2N2O3/c21-20(22)26-17-7-6-16(12-18(17)27-20)14-23-8-10-24(11-9-23)19(25)13-15-4-2-1-3-5-15/h1-7,12H,8-11,13-14H2. The second kappa shape index (κ2) is 7.15. The molecule has 2 aromatic rings. The van der Waals surface area contributed by atoms with Crippen molar-refractivity contribution in [2.75, 3.05) is 26.2 Å². The third-order valence-electron chi connectivity index (χ3n) is 4.80. The maximum atomic E-state index is 13.1. The van der Waals surface area contributed by atoms with E-state index in [9.17, 15) is 13.6 Å². The van der Waals surface area contributed by atoms with Crippen molar-refractivity contribution >= 4 is 5.91 Å². The van der Waals surface area contributed by atoms with E-state index in [1.54, 1.807) is 12.1 Å². The number of alkyl halides is 2. The summed E-state index contributed by atoms with van der Waals surface area (Å²) in [4.78, 5) is 16.5. The second-order valence-corrected chi connectivity index (χ2v) is 6.77. The SMILES string of the molecule is O=C(Cc1ccccc1)N1CCN(Cc2ccc3c(c2)OC(F)(F)O3)CC1. The molecule has 2 aliphatic heterocycles. The van der Waals surface area contributed by atoms with Crippen LogP contribution in [0.15, 0.2) is 48.5 Å². The minimum absolute atomic E-state index is 0.0556. The van der Waals surface area contributed by atoms with E-state index in [1.807, 2.05) is 35.2 Å². The number of rotatable bonds is 4. The Morgan fingerprint density at radius 1 is 0.926 bits per heavy atom. The summed E-state index contributed by atoms with van der Waals surface area (Å²) in [6.07, 6.45) is -3.18. The van der Waals surface area contributed by atoms with Crippen LogP contribution < -0.4 is 9.47 Å². The molecule has 0 aromatic heterocycles. The summed E-state index contributed by atoms with van der Waals surface area (Å²) in [5, 5.41) is 0. The van der Waals surface area contributed by atoms with Gasteiger partial charge in [0.25, 0.3) is 0 Å². The average Bonchev–Trinajstić information content (AvgIpc) is 2.96. The molecule has 2 aromatic carbocycles. The van der Waals surface area contributed by atoms with Crippen molar-refractivity contribution in [3.8, 4) is 11.5 Å². The first-order valence-electron chi connectivity index (χ1n) is 8.91. The molecule has 5 nitrogen and oxygen atoms in total. The first-order valence-corrected chi connectivity index (χ1v) is 8.91. The van der Waals surface area contributed by atoms with Gasteiger partial charge in [0.15, 0.2) is 11.5 Å². The summed E-state index contributed by atoms with van der Waals surface area (Å²) >= 11 is 0. The van der Waals surface area contributed by atoms with Crippen LogP contribution in [0.4, 0.5) is 8.78 Å². The minimum atomic E-state index is -3.59. The number of ether oxygens (including phenoxy) is 2. The number of hydrogen-bond donors (Lipinski definition) is 0. The summed E-state index contributed by atoms with van der Waals surface area (Å²) in [6, 6.07) is 14.6. The summed E-state index contributed by atoms with van der Waals surface area (Å²) in [5.41, 5.74) is 1.89. The second-order valence-electron chi connectivity index (χ2n) is 6.77. The van der Waals surface area contributed by atoms with Gasteiger partial charge in [-0.3, -0.25) is 9.69 Å². The highest BCUT2D eigenvalue weighted by Gasteiger charge is 2.43. The third kappa shape index (κ3) is 4.19. The van der Waals surface area contributed by atoms with Crippen LogP contribution in [0, 0.1) is 0 Å². The molecule has 142 valence electrons. The molecule has 1 saturated heterocycles. The molecule has 0 spiro atoms. The lowest BCUT2D eigenvalue weighted by Gasteiger charge is -2.34. The van der Waals surface area contributed by atoms with E-state index in [4.69, 9.17) is 0 Å². The normalized spacial score (nSPS) is 18.5. The lowest BCUT2D eigenvalue weighted by Crippen LogP contribution is -2.48. The number of nitrogens with zero attached hydrogens (tertiary/aromatic N) is 2. The van der Waals surface area contributed by atoms with Crippen LogP contribution in [0.3, 0.4) is 0 Å². The van der Waals surface area contributed by atoms with Gasteiger partial charge in [0.2, 0.25) is 5.91 Å².